The van der Waals surface area contributed by atoms with Gasteiger partial charge in [-0.1, -0.05) is 29.3 Å². The first-order valence-electron chi connectivity index (χ1n) is 9.48. The van der Waals surface area contributed by atoms with Crippen LogP contribution in [-0.2, 0) is 13.2 Å². The van der Waals surface area contributed by atoms with Crippen LogP contribution in [0.25, 0.3) is 0 Å². The van der Waals surface area contributed by atoms with Gasteiger partial charge in [0.15, 0.2) is 0 Å². The molecule has 164 valence electrons. The smallest absolute Gasteiger partial charge is 0.268 e. The van der Waals surface area contributed by atoms with Crippen molar-refractivity contribution < 1.29 is 13.9 Å². The van der Waals surface area contributed by atoms with Crippen molar-refractivity contribution in [2.45, 2.75) is 20.1 Å². The van der Waals surface area contributed by atoms with Crippen LogP contribution in [0.2, 0.25) is 10.0 Å². The van der Waals surface area contributed by atoms with E-state index in [9.17, 15) is 9.18 Å². The number of benzene rings is 2. The van der Waals surface area contributed by atoms with Crippen LogP contribution >= 0.6 is 34.5 Å². The van der Waals surface area contributed by atoms with Crippen molar-refractivity contribution >= 4 is 46.4 Å². The third-order valence-electron chi connectivity index (χ3n) is 4.52. The summed E-state index contributed by atoms with van der Waals surface area (Å²) in [7, 11) is 0. The van der Waals surface area contributed by atoms with Gasteiger partial charge >= 0.3 is 0 Å². The van der Waals surface area contributed by atoms with Crippen LogP contribution in [0.5, 0.6) is 5.75 Å². The number of thiophene rings is 1. The molecule has 0 aliphatic heterocycles. The SMILES string of the molecule is Cc1cc(Cl)ccc1OCc1csc(C(=O)Nc2ncn(Cc3ccc(F)cc3Cl)n2)c1. The molecule has 4 rings (SSSR count). The van der Waals surface area contributed by atoms with Crippen molar-refractivity contribution in [3.63, 3.8) is 0 Å². The zero-order valence-electron chi connectivity index (χ0n) is 16.8. The highest BCUT2D eigenvalue weighted by Crippen LogP contribution is 2.24. The largest absolute Gasteiger partial charge is 0.489 e. The van der Waals surface area contributed by atoms with Crippen LogP contribution in [0.4, 0.5) is 10.3 Å². The van der Waals surface area contributed by atoms with Crippen LogP contribution in [0, 0.1) is 12.7 Å². The van der Waals surface area contributed by atoms with Gasteiger partial charge in [-0.05, 0) is 59.8 Å². The number of hydrogen-bond donors (Lipinski definition) is 1. The average Bonchev–Trinajstić information content (AvgIpc) is 3.39. The third-order valence-corrected chi connectivity index (χ3v) is 6.08. The topological polar surface area (TPSA) is 69.0 Å². The molecule has 0 saturated heterocycles. The fourth-order valence-electron chi connectivity index (χ4n) is 2.92. The number of carbonyl (C=O) groups excluding carboxylic acids is 1. The summed E-state index contributed by atoms with van der Waals surface area (Å²) in [5, 5.41) is 9.71. The van der Waals surface area contributed by atoms with Crippen LogP contribution in [0.15, 0.2) is 54.2 Å². The van der Waals surface area contributed by atoms with Crippen LogP contribution in [0.1, 0.15) is 26.4 Å². The van der Waals surface area contributed by atoms with E-state index >= 15 is 0 Å². The van der Waals surface area contributed by atoms with E-state index in [4.69, 9.17) is 27.9 Å². The maximum Gasteiger partial charge on any atom is 0.268 e. The molecular weight excluding hydrogens is 474 g/mol. The van der Waals surface area contributed by atoms with Crippen molar-refractivity contribution in [3.05, 3.63) is 91.6 Å². The van der Waals surface area contributed by atoms with Crippen LogP contribution in [0.3, 0.4) is 0 Å². The second-order valence-electron chi connectivity index (χ2n) is 6.97. The lowest BCUT2D eigenvalue weighted by Gasteiger charge is -2.08. The lowest BCUT2D eigenvalue weighted by molar-refractivity contribution is 0.102. The summed E-state index contributed by atoms with van der Waals surface area (Å²) in [6.45, 7) is 2.55. The molecular formula is C22H17Cl2FN4O2S. The molecule has 0 aliphatic carbocycles. The minimum Gasteiger partial charge on any atom is -0.489 e. The number of halogens is 3. The molecule has 1 N–H and O–H groups in total. The number of hydrogen-bond acceptors (Lipinski definition) is 5. The highest BCUT2D eigenvalue weighted by molar-refractivity contribution is 7.12. The predicted octanol–water partition coefficient (Wildman–Crippen LogP) is 5.97. The molecule has 2 aromatic heterocycles. The molecule has 10 heteroatoms. The Kier molecular flexibility index (Phi) is 6.74. The van der Waals surface area contributed by atoms with E-state index < -0.39 is 5.82 Å². The number of nitrogens with one attached hydrogen (secondary N) is 1. The summed E-state index contributed by atoms with van der Waals surface area (Å²) in [5.41, 5.74) is 2.50. The normalized spacial score (nSPS) is 10.9. The quantitative estimate of drug-likeness (QED) is 0.346. The Bertz CT molecular complexity index is 1270. The number of carbonyl (C=O) groups is 1. The van der Waals surface area contributed by atoms with Gasteiger partial charge < -0.3 is 4.74 Å². The Morgan fingerprint density at radius 2 is 2.06 bits per heavy atom. The number of nitrogens with zero attached hydrogens (tertiary/aromatic N) is 3. The van der Waals surface area contributed by atoms with Gasteiger partial charge in [0.05, 0.1) is 11.4 Å². The number of rotatable bonds is 7. The minimum atomic E-state index is -0.408. The van der Waals surface area contributed by atoms with Crippen LogP contribution < -0.4 is 10.1 Å². The fraction of sp³-hybridized carbons (Fsp3) is 0.136. The molecule has 0 fully saturated rings. The molecule has 2 aromatic carbocycles. The standard InChI is InChI=1S/C22H17Cl2FN4O2S/c1-13-6-16(23)3-5-19(13)31-10-14-7-20(32-11-14)21(30)27-22-26-12-29(28-22)9-15-2-4-17(25)8-18(15)24/h2-8,11-12H,9-10H2,1H3,(H,27,28,30). The number of amides is 1. The molecule has 32 heavy (non-hydrogen) atoms. The molecule has 0 unspecified atom stereocenters. The summed E-state index contributed by atoms with van der Waals surface area (Å²) in [6.07, 6.45) is 1.47. The first kappa shape index (κ1) is 22.3. The molecule has 1 amide bonds. The lowest BCUT2D eigenvalue weighted by Crippen LogP contribution is -2.12. The average molecular weight is 491 g/mol. The fourth-order valence-corrected chi connectivity index (χ4v) is 4.17. The van der Waals surface area contributed by atoms with Crippen molar-refractivity contribution in [2.24, 2.45) is 0 Å². The summed E-state index contributed by atoms with van der Waals surface area (Å²) < 4.78 is 20.5. The van der Waals surface area contributed by atoms with Gasteiger partial charge in [-0.2, -0.15) is 0 Å². The van der Waals surface area contributed by atoms with E-state index in [0.29, 0.717) is 33.6 Å². The highest BCUT2D eigenvalue weighted by Gasteiger charge is 2.13. The maximum absolute atomic E-state index is 13.2. The number of ether oxygens (including phenoxy) is 1. The number of aromatic nitrogens is 3. The molecule has 0 aliphatic rings. The Morgan fingerprint density at radius 3 is 2.84 bits per heavy atom. The van der Waals surface area contributed by atoms with Crippen molar-refractivity contribution in [1.82, 2.24) is 14.8 Å². The van der Waals surface area contributed by atoms with Gasteiger partial charge in [0.25, 0.3) is 5.91 Å². The van der Waals surface area contributed by atoms with Gasteiger partial charge in [0, 0.05) is 15.6 Å². The predicted molar refractivity (Wildman–Crippen MR) is 123 cm³/mol. The van der Waals surface area contributed by atoms with Gasteiger partial charge in [0.2, 0.25) is 5.95 Å². The van der Waals surface area contributed by atoms with Crippen molar-refractivity contribution in [3.8, 4) is 5.75 Å². The Labute approximate surface area is 197 Å². The van der Waals surface area contributed by atoms with Crippen molar-refractivity contribution in [2.75, 3.05) is 5.32 Å². The molecule has 0 saturated carbocycles. The minimum absolute atomic E-state index is 0.163. The Morgan fingerprint density at radius 1 is 1.22 bits per heavy atom. The first-order chi connectivity index (χ1) is 15.4. The summed E-state index contributed by atoms with van der Waals surface area (Å²) in [6, 6.07) is 11.3. The maximum atomic E-state index is 13.2. The van der Waals surface area contributed by atoms with E-state index in [-0.39, 0.29) is 11.9 Å². The zero-order chi connectivity index (χ0) is 22.7. The van der Waals surface area contributed by atoms with Gasteiger partial charge in [0.1, 0.15) is 24.5 Å². The summed E-state index contributed by atoms with van der Waals surface area (Å²) in [4.78, 5) is 17.1. The Balaban J connectivity index is 1.35. The molecule has 0 atom stereocenters. The zero-order valence-corrected chi connectivity index (χ0v) is 19.1. The second-order valence-corrected chi connectivity index (χ2v) is 8.73. The van der Waals surface area contributed by atoms with Crippen LogP contribution in [-0.4, -0.2) is 20.7 Å². The molecule has 4 aromatic rings. The highest BCUT2D eigenvalue weighted by atomic mass is 35.5. The second kappa shape index (κ2) is 9.68. The first-order valence-corrected chi connectivity index (χ1v) is 11.1. The van der Waals surface area contributed by atoms with E-state index in [1.54, 1.807) is 18.2 Å². The molecule has 0 radical (unpaired) electrons. The van der Waals surface area contributed by atoms with Gasteiger partial charge in [-0.25, -0.2) is 14.1 Å². The molecule has 0 bridgehead atoms. The number of anilines is 1. The Hall–Kier alpha value is -2.94. The van der Waals surface area contributed by atoms with Crippen molar-refractivity contribution in [1.29, 1.82) is 0 Å². The van der Waals surface area contributed by atoms with E-state index in [1.165, 1.54) is 34.5 Å². The number of aryl methyl sites for hydroxylation is 1. The van der Waals surface area contributed by atoms with E-state index in [1.807, 2.05) is 24.4 Å². The molecule has 2 heterocycles. The van der Waals surface area contributed by atoms with E-state index in [0.717, 1.165) is 16.9 Å². The molecule has 0 spiro atoms. The molecule has 6 nitrogen and oxygen atoms in total. The van der Waals surface area contributed by atoms with E-state index in [2.05, 4.69) is 15.4 Å². The monoisotopic (exact) mass is 490 g/mol. The summed E-state index contributed by atoms with van der Waals surface area (Å²) in [5.74, 6) is 0.176. The summed E-state index contributed by atoms with van der Waals surface area (Å²) >= 11 is 13.3. The third kappa shape index (κ3) is 5.45. The van der Waals surface area contributed by atoms with Gasteiger partial charge in [-0.15, -0.1) is 16.4 Å². The lowest BCUT2D eigenvalue weighted by atomic mass is 10.2. The van der Waals surface area contributed by atoms with Gasteiger partial charge in [-0.3, -0.25) is 10.1 Å².